The Morgan fingerprint density at radius 2 is 2.31 bits per heavy atom. The zero-order valence-electron chi connectivity index (χ0n) is 9.55. The van der Waals surface area contributed by atoms with E-state index in [-0.39, 0.29) is 6.10 Å². The van der Waals surface area contributed by atoms with Crippen molar-refractivity contribution in [2.45, 2.75) is 26.0 Å². The van der Waals surface area contributed by atoms with E-state index < -0.39 is 0 Å². The van der Waals surface area contributed by atoms with E-state index in [1.165, 1.54) is 0 Å². The molecule has 0 spiro atoms. The molecule has 0 fully saturated rings. The van der Waals surface area contributed by atoms with Gasteiger partial charge in [-0.25, -0.2) is 4.68 Å². The molecule has 0 bridgehead atoms. The average Bonchev–Trinajstić information content (AvgIpc) is 2.68. The highest BCUT2D eigenvalue weighted by Crippen LogP contribution is 2.15. The smallest absolute Gasteiger partial charge is 0.115 e. The number of benzene rings is 1. The minimum atomic E-state index is 0.230. The molecule has 2 rings (SSSR count). The molecule has 0 saturated carbocycles. The van der Waals surface area contributed by atoms with Gasteiger partial charge in [0, 0.05) is 19.3 Å². The number of nitrogens with two attached hydrogens (primary N) is 1. The number of aromatic nitrogens is 3. The lowest BCUT2D eigenvalue weighted by Gasteiger charge is -2.08. The number of methoxy groups -OCH3 is 1. The van der Waals surface area contributed by atoms with Crippen molar-refractivity contribution in [1.82, 2.24) is 15.0 Å². The fraction of sp³-hybridized carbons (Fsp3) is 0.455. The number of ether oxygens (including phenoxy) is 1. The maximum atomic E-state index is 5.68. The maximum Gasteiger partial charge on any atom is 0.115 e. The van der Waals surface area contributed by atoms with Crippen LogP contribution in [0, 0.1) is 0 Å². The number of fused-ring (bicyclic) bond motifs is 1. The molecule has 1 heterocycles. The molecule has 5 heteroatoms. The summed E-state index contributed by atoms with van der Waals surface area (Å²) < 4.78 is 7.08. The van der Waals surface area contributed by atoms with Crippen LogP contribution in [-0.4, -0.2) is 28.2 Å². The molecule has 1 aromatic carbocycles. The second-order valence-corrected chi connectivity index (χ2v) is 3.90. The molecule has 0 saturated heterocycles. The zero-order chi connectivity index (χ0) is 11.5. The number of anilines is 1. The standard InChI is InChI=1S/C11H16N4O/c1-8(16-2)5-6-15-11-4-3-9(12)7-10(11)13-14-15/h3-4,7-8H,5-6,12H2,1-2H3. The van der Waals surface area contributed by atoms with Crippen LogP contribution in [-0.2, 0) is 11.3 Å². The topological polar surface area (TPSA) is 66.0 Å². The highest BCUT2D eigenvalue weighted by atomic mass is 16.5. The summed E-state index contributed by atoms with van der Waals surface area (Å²) in [5.41, 5.74) is 8.24. The number of hydrogen-bond donors (Lipinski definition) is 1. The fourth-order valence-electron chi connectivity index (χ4n) is 1.58. The lowest BCUT2D eigenvalue weighted by atomic mass is 10.2. The summed E-state index contributed by atoms with van der Waals surface area (Å²) in [7, 11) is 1.71. The third-order valence-electron chi connectivity index (χ3n) is 2.69. The van der Waals surface area contributed by atoms with Gasteiger partial charge in [-0.3, -0.25) is 0 Å². The molecular weight excluding hydrogens is 204 g/mol. The highest BCUT2D eigenvalue weighted by Gasteiger charge is 2.06. The van der Waals surface area contributed by atoms with E-state index in [1.807, 2.05) is 29.8 Å². The van der Waals surface area contributed by atoms with Crippen LogP contribution >= 0.6 is 0 Å². The molecule has 1 unspecified atom stereocenters. The van der Waals surface area contributed by atoms with Crippen LogP contribution in [0.15, 0.2) is 18.2 Å². The van der Waals surface area contributed by atoms with E-state index >= 15 is 0 Å². The summed E-state index contributed by atoms with van der Waals surface area (Å²) in [6.45, 7) is 2.84. The van der Waals surface area contributed by atoms with Gasteiger partial charge in [-0.05, 0) is 31.5 Å². The second kappa shape index (κ2) is 4.49. The molecule has 0 aliphatic heterocycles. The lowest BCUT2D eigenvalue weighted by molar-refractivity contribution is 0.106. The highest BCUT2D eigenvalue weighted by molar-refractivity contribution is 5.77. The van der Waals surface area contributed by atoms with Gasteiger partial charge < -0.3 is 10.5 Å². The Balaban J connectivity index is 2.19. The molecule has 2 aromatic rings. The monoisotopic (exact) mass is 220 g/mol. The largest absolute Gasteiger partial charge is 0.399 e. The Bertz CT molecular complexity index is 480. The first-order chi connectivity index (χ1) is 7.70. The molecule has 1 aromatic heterocycles. The third kappa shape index (κ3) is 2.14. The summed E-state index contributed by atoms with van der Waals surface area (Å²) in [6, 6.07) is 5.64. The van der Waals surface area contributed by atoms with Gasteiger partial charge in [0.2, 0.25) is 0 Å². The number of rotatable bonds is 4. The van der Waals surface area contributed by atoms with E-state index in [0.717, 1.165) is 24.0 Å². The van der Waals surface area contributed by atoms with Crippen molar-refractivity contribution in [1.29, 1.82) is 0 Å². The molecule has 0 radical (unpaired) electrons. The summed E-state index contributed by atoms with van der Waals surface area (Å²) in [5.74, 6) is 0. The van der Waals surface area contributed by atoms with Gasteiger partial charge in [0.1, 0.15) is 5.52 Å². The molecule has 86 valence electrons. The Hall–Kier alpha value is -1.62. The Morgan fingerprint density at radius 3 is 3.06 bits per heavy atom. The lowest BCUT2D eigenvalue weighted by Crippen LogP contribution is -2.10. The Kier molecular flexibility index (Phi) is 3.05. The normalized spacial score (nSPS) is 13.1. The first-order valence-electron chi connectivity index (χ1n) is 5.32. The molecular formula is C11H16N4O. The van der Waals surface area contributed by atoms with Crippen molar-refractivity contribution >= 4 is 16.7 Å². The fourth-order valence-corrected chi connectivity index (χ4v) is 1.58. The van der Waals surface area contributed by atoms with E-state index in [0.29, 0.717) is 5.69 Å². The first kappa shape index (κ1) is 10.9. The molecule has 2 N–H and O–H groups in total. The van der Waals surface area contributed by atoms with Crippen LogP contribution < -0.4 is 5.73 Å². The van der Waals surface area contributed by atoms with Gasteiger partial charge in [0.15, 0.2) is 0 Å². The van der Waals surface area contributed by atoms with Crippen molar-refractivity contribution < 1.29 is 4.74 Å². The summed E-state index contributed by atoms with van der Waals surface area (Å²) in [6.07, 6.45) is 1.15. The van der Waals surface area contributed by atoms with Crippen molar-refractivity contribution in [2.24, 2.45) is 0 Å². The van der Waals surface area contributed by atoms with Gasteiger partial charge >= 0.3 is 0 Å². The predicted octanol–water partition coefficient (Wildman–Crippen LogP) is 1.44. The quantitative estimate of drug-likeness (QED) is 0.792. The van der Waals surface area contributed by atoms with Crippen LogP contribution in [0.5, 0.6) is 0 Å². The molecule has 0 aliphatic carbocycles. The van der Waals surface area contributed by atoms with Crippen LogP contribution in [0.25, 0.3) is 11.0 Å². The summed E-state index contributed by atoms with van der Waals surface area (Å²) in [4.78, 5) is 0. The Labute approximate surface area is 94.2 Å². The van der Waals surface area contributed by atoms with Gasteiger partial charge in [0.25, 0.3) is 0 Å². The van der Waals surface area contributed by atoms with E-state index in [4.69, 9.17) is 10.5 Å². The second-order valence-electron chi connectivity index (χ2n) is 3.90. The van der Waals surface area contributed by atoms with E-state index in [9.17, 15) is 0 Å². The molecule has 0 amide bonds. The third-order valence-corrected chi connectivity index (χ3v) is 2.69. The summed E-state index contributed by atoms with van der Waals surface area (Å²) in [5, 5.41) is 8.17. The summed E-state index contributed by atoms with van der Waals surface area (Å²) >= 11 is 0. The van der Waals surface area contributed by atoms with Gasteiger partial charge in [-0.1, -0.05) is 5.21 Å². The van der Waals surface area contributed by atoms with Crippen LogP contribution in [0.4, 0.5) is 5.69 Å². The Morgan fingerprint density at radius 1 is 1.50 bits per heavy atom. The molecule has 1 atom stereocenters. The zero-order valence-corrected chi connectivity index (χ0v) is 9.55. The van der Waals surface area contributed by atoms with Crippen molar-refractivity contribution in [3.63, 3.8) is 0 Å². The maximum absolute atomic E-state index is 5.68. The van der Waals surface area contributed by atoms with Crippen molar-refractivity contribution in [3.05, 3.63) is 18.2 Å². The SMILES string of the molecule is COC(C)CCn1nnc2cc(N)ccc21. The van der Waals surface area contributed by atoms with E-state index in [1.54, 1.807) is 7.11 Å². The minimum absolute atomic E-state index is 0.230. The van der Waals surface area contributed by atoms with Crippen LogP contribution in [0.1, 0.15) is 13.3 Å². The minimum Gasteiger partial charge on any atom is -0.399 e. The predicted molar refractivity (Wildman–Crippen MR) is 63.0 cm³/mol. The van der Waals surface area contributed by atoms with Crippen molar-refractivity contribution in [3.8, 4) is 0 Å². The number of hydrogen-bond acceptors (Lipinski definition) is 4. The molecule has 5 nitrogen and oxygen atoms in total. The number of nitrogen functional groups attached to an aromatic ring is 1. The van der Waals surface area contributed by atoms with Gasteiger partial charge in [-0.2, -0.15) is 0 Å². The van der Waals surface area contributed by atoms with E-state index in [2.05, 4.69) is 10.3 Å². The van der Waals surface area contributed by atoms with Gasteiger partial charge in [-0.15, -0.1) is 5.10 Å². The molecule has 0 aliphatic rings. The average molecular weight is 220 g/mol. The van der Waals surface area contributed by atoms with Crippen LogP contribution in [0.3, 0.4) is 0 Å². The number of aryl methyl sites for hydroxylation is 1. The first-order valence-corrected chi connectivity index (χ1v) is 5.32. The van der Waals surface area contributed by atoms with Gasteiger partial charge in [0.05, 0.1) is 11.6 Å². The van der Waals surface area contributed by atoms with Crippen molar-refractivity contribution in [2.75, 3.05) is 12.8 Å². The number of nitrogens with zero attached hydrogens (tertiary/aromatic N) is 3. The van der Waals surface area contributed by atoms with Crippen LogP contribution in [0.2, 0.25) is 0 Å². The molecule has 16 heavy (non-hydrogen) atoms.